The molecule has 142 valence electrons. The normalized spacial score (nSPS) is 16.9. The zero-order chi connectivity index (χ0) is 18.8. The molecule has 0 unspecified atom stereocenters. The van der Waals surface area contributed by atoms with Crippen LogP contribution in [0.5, 0.6) is 0 Å². The molecule has 0 spiro atoms. The van der Waals surface area contributed by atoms with Crippen LogP contribution in [0, 0.1) is 6.92 Å². The highest BCUT2D eigenvalue weighted by molar-refractivity contribution is 5.83. The molecule has 1 amide bonds. The number of nitrogens with zero attached hydrogens (tertiary/aromatic N) is 3. The molecule has 1 fully saturated rings. The van der Waals surface area contributed by atoms with E-state index in [1.54, 1.807) is 0 Å². The number of benzene rings is 1. The molecule has 3 aromatic rings. The van der Waals surface area contributed by atoms with Crippen molar-refractivity contribution in [3.8, 4) is 0 Å². The van der Waals surface area contributed by atoms with Crippen LogP contribution in [0.1, 0.15) is 29.8 Å². The van der Waals surface area contributed by atoms with Gasteiger partial charge in [0, 0.05) is 37.3 Å². The van der Waals surface area contributed by atoms with Crippen LogP contribution in [-0.4, -0.2) is 44.8 Å². The highest BCUT2D eigenvalue weighted by Crippen LogP contribution is 2.21. The van der Waals surface area contributed by atoms with Crippen molar-refractivity contribution < 1.29 is 9.53 Å². The van der Waals surface area contributed by atoms with E-state index in [0.29, 0.717) is 19.7 Å². The lowest BCUT2D eigenvalue weighted by atomic mass is 10.1. The van der Waals surface area contributed by atoms with E-state index in [9.17, 15) is 4.79 Å². The van der Waals surface area contributed by atoms with Crippen molar-refractivity contribution in [1.82, 2.24) is 19.7 Å². The van der Waals surface area contributed by atoms with E-state index in [1.165, 1.54) is 10.9 Å². The molecule has 1 N–H and O–H groups in total. The third-order valence-electron chi connectivity index (χ3n) is 5.29. The zero-order valence-electron chi connectivity index (χ0n) is 15.9. The van der Waals surface area contributed by atoms with Gasteiger partial charge in [-0.25, -0.2) is 0 Å². The van der Waals surface area contributed by atoms with Crippen molar-refractivity contribution in [2.45, 2.75) is 38.8 Å². The number of fused-ring (bicyclic) bond motifs is 1. The van der Waals surface area contributed by atoms with Crippen LogP contribution < -0.4 is 0 Å². The maximum atomic E-state index is 13.1. The van der Waals surface area contributed by atoms with Crippen molar-refractivity contribution >= 4 is 16.8 Å². The third-order valence-corrected chi connectivity index (χ3v) is 5.29. The Balaban J connectivity index is 1.53. The molecule has 6 nitrogen and oxygen atoms in total. The van der Waals surface area contributed by atoms with Gasteiger partial charge in [0.05, 0.1) is 17.9 Å². The summed E-state index contributed by atoms with van der Waals surface area (Å²) in [6, 6.07) is 10.3. The topological polar surface area (TPSA) is 63.1 Å². The van der Waals surface area contributed by atoms with Gasteiger partial charge in [-0.05, 0) is 43.9 Å². The second kappa shape index (κ2) is 7.56. The van der Waals surface area contributed by atoms with Gasteiger partial charge in [-0.1, -0.05) is 18.2 Å². The number of para-hydroxylation sites is 1. The standard InChI is InChI=1S/C21H26N4O2/c1-15-12-17(24(2)23-15)14-25(21(26)20-8-5-11-27-20)10-9-16-13-22-19-7-4-3-6-18(16)19/h3-4,6-7,12-13,20,22H,5,8-11,14H2,1-2H3/t20-/m0/s1. The highest BCUT2D eigenvalue weighted by atomic mass is 16.5. The maximum absolute atomic E-state index is 13.1. The lowest BCUT2D eigenvalue weighted by molar-refractivity contribution is -0.141. The summed E-state index contributed by atoms with van der Waals surface area (Å²) in [6.45, 7) is 3.86. The van der Waals surface area contributed by atoms with Gasteiger partial charge in [0.1, 0.15) is 6.10 Å². The first kappa shape index (κ1) is 17.8. The smallest absolute Gasteiger partial charge is 0.252 e. The number of hydrogen-bond donors (Lipinski definition) is 1. The summed E-state index contributed by atoms with van der Waals surface area (Å²) in [5, 5.41) is 5.64. The summed E-state index contributed by atoms with van der Waals surface area (Å²) in [7, 11) is 1.93. The number of carbonyl (C=O) groups excluding carboxylic acids is 1. The molecule has 4 rings (SSSR count). The molecule has 1 aromatic carbocycles. The first-order chi connectivity index (χ1) is 13.1. The molecule has 1 aliphatic heterocycles. The Morgan fingerprint density at radius 1 is 1.41 bits per heavy atom. The monoisotopic (exact) mass is 366 g/mol. The van der Waals surface area contributed by atoms with Gasteiger partial charge in [0.15, 0.2) is 0 Å². The minimum atomic E-state index is -0.303. The first-order valence-corrected chi connectivity index (χ1v) is 9.57. The molecule has 0 bridgehead atoms. The van der Waals surface area contributed by atoms with E-state index in [1.807, 2.05) is 47.9 Å². The van der Waals surface area contributed by atoms with E-state index in [0.717, 1.165) is 36.2 Å². The van der Waals surface area contributed by atoms with Crippen LogP contribution >= 0.6 is 0 Å². The quantitative estimate of drug-likeness (QED) is 0.729. The fourth-order valence-electron chi connectivity index (χ4n) is 3.84. The Labute approximate surface area is 159 Å². The van der Waals surface area contributed by atoms with Gasteiger partial charge in [-0.15, -0.1) is 0 Å². The number of rotatable bonds is 6. The summed E-state index contributed by atoms with van der Waals surface area (Å²) in [5.41, 5.74) is 4.37. The molecular formula is C21H26N4O2. The van der Waals surface area contributed by atoms with E-state index < -0.39 is 0 Å². The predicted molar refractivity (Wildman–Crippen MR) is 104 cm³/mol. The Morgan fingerprint density at radius 2 is 2.26 bits per heavy atom. The fraction of sp³-hybridized carbons (Fsp3) is 0.429. The largest absolute Gasteiger partial charge is 0.368 e. The van der Waals surface area contributed by atoms with E-state index in [2.05, 4.69) is 22.2 Å². The van der Waals surface area contributed by atoms with E-state index in [4.69, 9.17) is 4.74 Å². The van der Waals surface area contributed by atoms with Crippen LogP contribution in [0.25, 0.3) is 10.9 Å². The number of amides is 1. The predicted octanol–water partition coefficient (Wildman–Crippen LogP) is 2.96. The Bertz CT molecular complexity index is 937. The molecule has 0 radical (unpaired) electrons. The molecule has 6 heteroatoms. The van der Waals surface area contributed by atoms with Crippen molar-refractivity contribution in [3.63, 3.8) is 0 Å². The van der Waals surface area contributed by atoms with Gasteiger partial charge in [-0.3, -0.25) is 9.48 Å². The average molecular weight is 366 g/mol. The molecular weight excluding hydrogens is 340 g/mol. The molecule has 3 heterocycles. The lowest BCUT2D eigenvalue weighted by Gasteiger charge is -2.25. The van der Waals surface area contributed by atoms with Crippen LogP contribution in [0.3, 0.4) is 0 Å². The fourth-order valence-corrected chi connectivity index (χ4v) is 3.84. The minimum Gasteiger partial charge on any atom is -0.368 e. The lowest BCUT2D eigenvalue weighted by Crippen LogP contribution is -2.40. The number of aromatic nitrogens is 3. The van der Waals surface area contributed by atoms with Crippen LogP contribution in [0.15, 0.2) is 36.5 Å². The third kappa shape index (κ3) is 3.76. The first-order valence-electron chi connectivity index (χ1n) is 9.57. The SMILES string of the molecule is Cc1cc(CN(CCc2c[nH]c3ccccc23)C(=O)[C@@H]2CCCO2)n(C)n1. The van der Waals surface area contributed by atoms with Crippen molar-refractivity contribution in [2.24, 2.45) is 7.05 Å². The summed E-state index contributed by atoms with van der Waals surface area (Å²) in [5.74, 6) is 0.0891. The Kier molecular flexibility index (Phi) is 4.99. The molecule has 2 aromatic heterocycles. The zero-order valence-corrected chi connectivity index (χ0v) is 15.9. The number of aromatic amines is 1. The molecule has 27 heavy (non-hydrogen) atoms. The molecule has 0 saturated carbocycles. The second-order valence-corrected chi connectivity index (χ2v) is 7.27. The van der Waals surface area contributed by atoms with Gasteiger partial charge < -0.3 is 14.6 Å². The number of carbonyl (C=O) groups is 1. The summed E-state index contributed by atoms with van der Waals surface area (Å²) in [4.78, 5) is 18.3. The number of hydrogen-bond acceptors (Lipinski definition) is 3. The Morgan fingerprint density at radius 3 is 3.00 bits per heavy atom. The summed E-state index contributed by atoms with van der Waals surface area (Å²) < 4.78 is 7.51. The van der Waals surface area contributed by atoms with Gasteiger partial charge in [0.2, 0.25) is 0 Å². The highest BCUT2D eigenvalue weighted by Gasteiger charge is 2.28. The minimum absolute atomic E-state index is 0.0891. The van der Waals surface area contributed by atoms with Crippen molar-refractivity contribution in [3.05, 3.63) is 53.5 Å². The van der Waals surface area contributed by atoms with Crippen LogP contribution in [0.4, 0.5) is 0 Å². The van der Waals surface area contributed by atoms with Gasteiger partial charge >= 0.3 is 0 Å². The summed E-state index contributed by atoms with van der Waals surface area (Å²) >= 11 is 0. The second-order valence-electron chi connectivity index (χ2n) is 7.27. The van der Waals surface area contributed by atoms with E-state index in [-0.39, 0.29) is 12.0 Å². The number of nitrogens with one attached hydrogen (secondary N) is 1. The number of aryl methyl sites for hydroxylation is 2. The van der Waals surface area contributed by atoms with Gasteiger partial charge in [0.25, 0.3) is 5.91 Å². The van der Waals surface area contributed by atoms with E-state index >= 15 is 0 Å². The molecule has 1 atom stereocenters. The van der Waals surface area contributed by atoms with Gasteiger partial charge in [-0.2, -0.15) is 5.10 Å². The number of ether oxygens (including phenoxy) is 1. The molecule has 1 aliphatic rings. The van der Waals surface area contributed by atoms with Crippen molar-refractivity contribution in [1.29, 1.82) is 0 Å². The summed E-state index contributed by atoms with van der Waals surface area (Å²) in [6.07, 6.45) is 4.32. The van der Waals surface area contributed by atoms with Crippen LogP contribution in [0.2, 0.25) is 0 Å². The van der Waals surface area contributed by atoms with Crippen molar-refractivity contribution in [2.75, 3.05) is 13.2 Å². The Hall–Kier alpha value is -2.60. The molecule has 0 aliphatic carbocycles. The molecule has 1 saturated heterocycles. The maximum Gasteiger partial charge on any atom is 0.252 e. The number of H-pyrrole nitrogens is 1. The van der Waals surface area contributed by atoms with Crippen LogP contribution in [-0.2, 0) is 29.5 Å². The average Bonchev–Trinajstić information content (AvgIpc) is 3.39.